The standard InChI is InChI=1S/C16H34O5/c1-3-5-6-15(4-2)13-16(18)14-21-12-11-20-10-9-19-8-7-17/h15-18H,3-14H2,1-2H3. The number of aliphatic hydroxyl groups is 2. The maximum absolute atomic E-state index is 9.94. The van der Waals surface area contributed by atoms with Crippen LogP contribution >= 0.6 is 0 Å². The molecule has 0 bridgehead atoms. The number of aliphatic hydroxyl groups excluding tert-OH is 2. The normalized spacial score (nSPS) is 14.3. The van der Waals surface area contributed by atoms with Gasteiger partial charge in [0.2, 0.25) is 0 Å². The van der Waals surface area contributed by atoms with Crippen LogP contribution in [0.3, 0.4) is 0 Å². The van der Waals surface area contributed by atoms with Gasteiger partial charge in [0, 0.05) is 0 Å². The summed E-state index contributed by atoms with van der Waals surface area (Å²) in [4.78, 5) is 0. The van der Waals surface area contributed by atoms with Crippen LogP contribution in [-0.4, -0.2) is 62.6 Å². The molecular weight excluding hydrogens is 272 g/mol. The summed E-state index contributed by atoms with van der Waals surface area (Å²) in [5.41, 5.74) is 0. The topological polar surface area (TPSA) is 68.2 Å². The van der Waals surface area contributed by atoms with Crippen LogP contribution in [0.2, 0.25) is 0 Å². The van der Waals surface area contributed by atoms with Crippen molar-refractivity contribution in [3.63, 3.8) is 0 Å². The Labute approximate surface area is 129 Å². The van der Waals surface area contributed by atoms with Gasteiger partial charge < -0.3 is 24.4 Å². The van der Waals surface area contributed by atoms with Gasteiger partial charge in [-0.2, -0.15) is 0 Å². The van der Waals surface area contributed by atoms with Crippen molar-refractivity contribution >= 4 is 0 Å². The van der Waals surface area contributed by atoms with Gasteiger partial charge in [0.1, 0.15) is 0 Å². The lowest BCUT2D eigenvalue weighted by molar-refractivity contribution is -0.0174. The molecule has 21 heavy (non-hydrogen) atoms. The number of rotatable bonds is 16. The second-order valence-electron chi connectivity index (χ2n) is 5.33. The van der Waals surface area contributed by atoms with Crippen molar-refractivity contribution in [2.75, 3.05) is 46.2 Å². The van der Waals surface area contributed by atoms with Crippen molar-refractivity contribution in [3.8, 4) is 0 Å². The third-order valence-electron chi connectivity index (χ3n) is 3.44. The summed E-state index contributed by atoms with van der Waals surface area (Å²) in [5, 5.41) is 18.4. The summed E-state index contributed by atoms with van der Waals surface area (Å²) in [6.07, 6.45) is 5.21. The Hall–Kier alpha value is -0.200. The van der Waals surface area contributed by atoms with E-state index >= 15 is 0 Å². The fourth-order valence-electron chi connectivity index (χ4n) is 2.16. The molecule has 5 heteroatoms. The van der Waals surface area contributed by atoms with Gasteiger partial charge in [-0.05, 0) is 12.3 Å². The molecule has 0 saturated heterocycles. The van der Waals surface area contributed by atoms with Crippen LogP contribution in [-0.2, 0) is 14.2 Å². The SMILES string of the molecule is CCCCC(CC)CC(O)COCCOCCOCCO. The second-order valence-corrected chi connectivity index (χ2v) is 5.33. The maximum Gasteiger partial charge on any atom is 0.0776 e. The van der Waals surface area contributed by atoms with Crippen molar-refractivity contribution in [1.29, 1.82) is 0 Å². The Balaban J connectivity index is 3.37. The molecule has 0 spiro atoms. The zero-order valence-corrected chi connectivity index (χ0v) is 13.8. The molecule has 0 aromatic heterocycles. The molecule has 0 heterocycles. The number of hydrogen-bond donors (Lipinski definition) is 2. The quantitative estimate of drug-likeness (QED) is 0.427. The van der Waals surface area contributed by atoms with Gasteiger partial charge in [0.15, 0.2) is 0 Å². The molecule has 0 aromatic rings. The van der Waals surface area contributed by atoms with E-state index in [1.807, 2.05) is 0 Å². The van der Waals surface area contributed by atoms with E-state index in [4.69, 9.17) is 19.3 Å². The van der Waals surface area contributed by atoms with Gasteiger partial charge in [0.25, 0.3) is 0 Å². The van der Waals surface area contributed by atoms with Gasteiger partial charge in [-0.1, -0.05) is 39.5 Å². The van der Waals surface area contributed by atoms with Gasteiger partial charge in [-0.3, -0.25) is 0 Å². The van der Waals surface area contributed by atoms with Crippen molar-refractivity contribution in [2.24, 2.45) is 5.92 Å². The van der Waals surface area contributed by atoms with E-state index < -0.39 is 0 Å². The van der Waals surface area contributed by atoms with Crippen LogP contribution in [0.15, 0.2) is 0 Å². The summed E-state index contributed by atoms with van der Waals surface area (Å²) in [6, 6.07) is 0. The molecule has 0 radical (unpaired) electrons. The van der Waals surface area contributed by atoms with Crippen LogP contribution in [0, 0.1) is 5.92 Å². The van der Waals surface area contributed by atoms with Crippen LogP contribution in [0.4, 0.5) is 0 Å². The van der Waals surface area contributed by atoms with Crippen molar-refractivity contribution in [2.45, 2.75) is 52.1 Å². The summed E-state index contributed by atoms with van der Waals surface area (Å²) < 4.78 is 15.8. The Kier molecular flexibility index (Phi) is 16.0. The molecular formula is C16H34O5. The van der Waals surface area contributed by atoms with Crippen molar-refractivity contribution < 1.29 is 24.4 Å². The van der Waals surface area contributed by atoms with Gasteiger partial charge in [-0.25, -0.2) is 0 Å². The van der Waals surface area contributed by atoms with E-state index in [-0.39, 0.29) is 12.7 Å². The molecule has 5 nitrogen and oxygen atoms in total. The minimum atomic E-state index is -0.375. The first-order valence-electron chi connectivity index (χ1n) is 8.26. The van der Waals surface area contributed by atoms with Crippen molar-refractivity contribution in [1.82, 2.24) is 0 Å². The Morgan fingerprint density at radius 1 is 0.905 bits per heavy atom. The Morgan fingerprint density at radius 3 is 2.10 bits per heavy atom. The number of unbranched alkanes of at least 4 members (excludes halogenated alkanes) is 1. The fraction of sp³-hybridized carbons (Fsp3) is 1.00. The van der Waals surface area contributed by atoms with Crippen molar-refractivity contribution in [3.05, 3.63) is 0 Å². The lowest BCUT2D eigenvalue weighted by Gasteiger charge is -2.18. The highest BCUT2D eigenvalue weighted by Crippen LogP contribution is 2.18. The first kappa shape index (κ1) is 20.8. The molecule has 2 unspecified atom stereocenters. The molecule has 0 rings (SSSR count). The van der Waals surface area contributed by atoms with E-state index in [1.165, 1.54) is 19.3 Å². The maximum atomic E-state index is 9.94. The minimum Gasteiger partial charge on any atom is -0.394 e. The smallest absolute Gasteiger partial charge is 0.0776 e. The number of ether oxygens (including phenoxy) is 3. The summed E-state index contributed by atoms with van der Waals surface area (Å²) in [7, 11) is 0. The predicted molar refractivity (Wildman–Crippen MR) is 83.5 cm³/mol. The van der Waals surface area contributed by atoms with E-state index in [1.54, 1.807) is 0 Å². The molecule has 0 aliphatic heterocycles. The molecule has 0 saturated carbocycles. The molecule has 0 aliphatic rings. The third kappa shape index (κ3) is 14.5. The molecule has 0 amide bonds. The largest absolute Gasteiger partial charge is 0.394 e. The Morgan fingerprint density at radius 2 is 1.52 bits per heavy atom. The third-order valence-corrected chi connectivity index (χ3v) is 3.44. The highest BCUT2D eigenvalue weighted by atomic mass is 16.5. The molecule has 0 fully saturated rings. The van der Waals surface area contributed by atoms with Gasteiger partial charge in [0.05, 0.1) is 52.4 Å². The highest BCUT2D eigenvalue weighted by molar-refractivity contribution is 4.64. The summed E-state index contributed by atoms with van der Waals surface area (Å²) >= 11 is 0. The molecule has 0 aromatic carbocycles. The lowest BCUT2D eigenvalue weighted by Crippen LogP contribution is -2.21. The second kappa shape index (κ2) is 16.2. The molecule has 2 N–H and O–H groups in total. The zero-order chi connectivity index (χ0) is 15.8. The minimum absolute atomic E-state index is 0.0397. The summed E-state index contributed by atoms with van der Waals surface area (Å²) in [6.45, 7) is 7.13. The zero-order valence-electron chi connectivity index (χ0n) is 13.8. The van der Waals surface area contributed by atoms with Crippen LogP contribution < -0.4 is 0 Å². The monoisotopic (exact) mass is 306 g/mol. The first-order valence-corrected chi connectivity index (χ1v) is 8.26. The molecule has 128 valence electrons. The van der Waals surface area contributed by atoms with E-state index in [9.17, 15) is 5.11 Å². The van der Waals surface area contributed by atoms with Gasteiger partial charge >= 0.3 is 0 Å². The van der Waals surface area contributed by atoms with Crippen LogP contribution in [0.5, 0.6) is 0 Å². The van der Waals surface area contributed by atoms with Crippen LogP contribution in [0.1, 0.15) is 46.0 Å². The van der Waals surface area contributed by atoms with E-state index in [0.29, 0.717) is 45.6 Å². The van der Waals surface area contributed by atoms with Crippen LogP contribution in [0.25, 0.3) is 0 Å². The predicted octanol–water partition coefficient (Wildman–Crippen LogP) is 2.00. The van der Waals surface area contributed by atoms with E-state index in [0.717, 1.165) is 12.8 Å². The van der Waals surface area contributed by atoms with E-state index in [2.05, 4.69) is 13.8 Å². The average molecular weight is 306 g/mol. The first-order chi connectivity index (χ1) is 10.2. The molecule has 0 aliphatic carbocycles. The van der Waals surface area contributed by atoms with Gasteiger partial charge in [-0.15, -0.1) is 0 Å². The highest BCUT2D eigenvalue weighted by Gasteiger charge is 2.12. The number of hydrogen-bond acceptors (Lipinski definition) is 5. The Bertz CT molecular complexity index is 201. The lowest BCUT2D eigenvalue weighted by atomic mass is 9.93. The molecule has 2 atom stereocenters. The summed E-state index contributed by atoms with van der Waals surface area (Å²) in [5.74, 6) is 0.600. The average Bonchev–Trinajstić information content (AvgIpc) is 2.49. The fourth-order valence-corrected chi connectivity index (χ4v) is 2.16.